The van der Waals surface area contributed by atoms with Gasteiger partial charge in [-0.3, -0.25) is 14.0 Å². The molecule has 0 atom stereocenters. The van der Waals surface area contributed by atoms with E-state index in [1.807, 2.05) is 31.2 Å². The largest absolute Gasteiger partial charge is 0.350 e. The molecule has 0 unspecified atom stereocenters. The van der Waals surface area contributed by atoms with Gasteiger partial charge in [0.05, 0.1) is 10.6 Å². The highest BCUT2D eigenvalue weighted by atomic mass is 35.5. The molecule has 1 aliphatic heterocycles. The van der Waals surface area contributed by atoms with E-state index in [1.165, 1.54) is 49.1 Å². The van der Waals surface area contributed by atoms with Crippen LogP contribution in [-0.2, 0) is 27.9 Å². The van der Waals surface area contributed by atoms with Gasteiger partial charge in [-0.15, -0.1) is 0 Å². The first-order valence-corrected chi connectivity index (χ1v) is 14.0. The van der Waals surface area contributed by atoms with Crippen LogP contribution in [0.3, 0.4) is 0 Å². The number of hydrogen-bond donors (Lipinski definition) is 1. The fourth-order valence-corrected chi connectivity index (χ4v) is 5.91. The summed E-state index contributed by atoms with van der Waals surface area (Å²) in [6, 6.07) is 21.2. The van der Waals surface area contributed by atoms with E-state index < -0.39 is 10.0 Å². The molecular weight excluding hydrogens is 494 g/mol. The highest BCUT2D eigenvalue weighted by Gasteiger charge is 2.27. The van der Waals surface area contributed by atoms with Crippen molar-refractivity contribution in [2.45, 2.75) is 44.2 Å². The quantitative estimate of drug-likeness (QED) is 0.419. The van der Waals surface area contributed by atoms with E-state index >= 15 is 0 Å². The Morgan fingerprint density at radius 1 is 0.944 bits per heavy atom. The third-order valence-electron chi connectivity index (χ3n) is 6.35. The molecule has 1 amide bonds. The molecule has 0 spiro atoms. The van der Waals surface area contributed by atoms with Crippen LogP contribution in [0.2, 0.25) is 5.02 Å². The molecule has 1 heterocycles. The van der Waals surface area contributed by atoms with Crippen molar-refractivity contribution < 1.29 is 13.2 Å². The number of amides is 1. The molecule has 0 radical (unpaired) electrons. The lowest BCUT2D eigenvalue weighted by molar-refractivity contribution is -0.119. The second-order valence-corrected chi connectivity index (χ2v) is 11.5. The van der Waals surface area contributed by atoms with Gasteiger partial charge in [-0.05, 0) is 80.4 Å². The van der Waals surface area contributed by atoms with Gasteiger partial charge in [0.1, 0.15) is 6.54 Å². The summed E-state index contributed by atoms with van der Waals surface area (Å²) in [5, 5.41) is 3.34. The number of hydrogen-bond acceptors (Lipinski definition) is 4. The lowest BCUT2D eigenvalue weighted by atomic mass is 10.1. The van der Waals surface area contributed by atoms with Crippen molar-refractivity contribution >= 4 is 33.2 Å². The van der Waals surface area contributed by atoms with Crippen LogP contribution in [-0.4, -0.2) is 38.9 Å². The van der Waals surface area contributed by atoms with Gasteiger partial charge in [-0.25, -0.2) is 8.42 Å². The fraction of sp³-hybridized carbons (Fsp3) is 0.321. The number of likely N-dealkylation sites (tertiary alicyclic amines) is 1. The molecule has 190 valence electrons. The molecule has 8 heteroatoms. The van der Waals surface area contributed by atoms with Gasteiger partial charge >= 0.3 is 0 Å². The summed E-state index contributed by atoms with van der Waals surface area (Å²) in [7, 11) is -3.98. The minimum atomic E-state index is -3.98. The van der Waals surface area contributed by atoms with Crippen LogP contribution in [0, 0.1) is 6.92 Å². The molecule has 6 nitrogen and oxygen atoms in total. The average Bonchev–Trinajstić information content (AvgIpc) is 2.88. The van der Waals surface area contributed by atoms with E-state index in [9.17, 15) is 13.2 Å². The number of carbonyl (C=O) groups excluding carboxylic acids is 1. The Hall–Kier alpha value is -2.87. The number of nitrogens with one attached hydrogen (secondary N) is 1. The molecule has 0 bridgehead atoms. The molecule has 3 aromatic carbocycles. The molecular formula is C28H32ClN3O3S. The van der Waals surface area contributed by atoms with Crippen molar-refractivity contribution in [3.63, 3.8) is 0 Å². The Balaban J connectivity index is 1.46. The first-order chi connectivity index (χ1) is 17.3. The van der Waals surface area contributed by atoms with Crippen LogP contribution in [0.1, 0.15) is 36.0 Å². The summed E-state index contributed by atoms with van der Waals surface area (Å²) in [5.41, 5.74) is 3.63. The highest BCUT2D eigenvalue weighted by molar-refractivity contribution is 7.92. The molecule has 36 heavy (non-hydrogen) atoms. The van der Waals surface area contributed by atoms with E-state index in [2.05, 4.69) is 22.3 Å². The van der Waals surface area contributed by atoms with Crippen LogP contribution in [0.15, 0.2) is 77.7 Å². The van der Waals surface area contributed by atoms with E-state index in [1.54, 1.807) is 12.1 Å². The maximum Gasteiger partial charge on any atom is 0.264 e. The lowest BCUT2D eigenvalue weighted by Gasteiger charge is -2.26. The number of sulfonamides is 1. The molecule has 1 N–H and O–H groups in total. The Morgan fingerprint density at radius 3 is 2.31 bits per heavy atom. The third kappa shape index (κ3) is 6.87. The predicted molar refractivity (Wildman–Crippen MR) is 145 cm³/mol. The van der Waals surface area contributed by atoms with Crippen LogP contribution >= 0.6 is 11.6 Å². The molecule has 1 saturated heterocycles. The maximum atomic E-state index is 13.5. The monoisotopic (exact) mass is 525 g/mol. The van der Waals surface area contributed by atoms with E-state index in [0.29, 0.717) is 17.3 Å². The zero-order valence-corrected chi connectivity index (χ0v) is 22.1. The topological polar surface area (TPSA) is 69.7 Å². The number of piperidine rings is 1. The first-order valence-electron chi connectivity index (χ1n) is 12.2. The zero-order valence-electron chi connectivity index (χ0n) is 20.5. The summed E-state index contributed by atoms with van der Waals surface area (Å²) in [5.74, 6) is -0.380. The van der Waals surface area contributed by atoms with Gasteiger partial charge in [0.25, 0.3) is 10.0 Å². The van der Waals surface area contributed by atoms with Crippen LogP contribution in [0.25, 0.3) is 0 Å². The Kier molecular flexibility index (Phi) is 8.67. The number of halogens is 1. The number of rotatable bonds is 9. The van der Waals surface area contributed by atoms with Crippen molar-refractivity contribution in [2.75, 3.05) is 23.9 Å². The number of nitrogens with zero attached hydrogens (tertiary/aromatic N) is 2. The fourth-order valence-electron chi connectivity index (χ4n) is 4.36. The van der Waals surface area contributed by atoms with Gasteiger partial charge in [0.15, 0.2) is 0 Å². The number of benzene rings is 3. The molecule has 0 aromatic heterocycles. The Morgan fingerprint density at radius 2 is 1.61 bits per heavy atom. The van der Waals surface area contributed by atoms with Gasteiger partial charge in [-0.1, -0.05) is 60.0 Å². The van der Waals surface area contributed by atoms with E-state index in [0.717, 1.165) is 35.1 Å². The SMILES string of the molecule is Cc1ccc(N(CC(=O)NCc2cccc(CN3CCCCC3)c2)S(=O)(=O)c2ccc(Cl)cc2)cc1. The minimum absolute atomic E-state index is 0.0747. The first kappa shape index (κ1) is 26.2. The van der Waals surface area contributed by atoms with Gasteiger partial charge < -0.3 is 5.32 Å². The van der Waals surface area contributed by atoms with Crippen molar-refractivity contribution in [2.24, 2.45) is 0 Å². The summed E-state index contributed by atoms with van der Waals surface area (Å²) >= 11 is 5.95. The summed E-state index contributed by atoms with van der Waals surface area (Å²) in [4.78, 5) is 15.5. The summed E-state index contributed by atoms with van der Waals surface area (Å²) in [6.45, 7) is 5.07. The summed E-state index contributed by atoms with van der Waals surface area (Å²) in [6.07, 6.45) is 3.79. The van der Waals surface area contributed by atoms with Crippen molar-refractivity contribution in [1.82, 2.24) is 10.2 Å². The Labute approximate surface area is 218 Å². The maximum absolute atomic E-state index is 13.5. The zero-order chi connectivity index (χ0) is 25.5. The highest BCUT2D eigenvalue weighted by Crippen LogP contribution is 2.25. The minimum Gasteiger partial charge on any atom is -0.350 e. The summed E-state index contributed by atoms with van der Waals surface area (Å²) < 4.78 is 28.1. The molecule has 1 aliphatic rings. The van der Waals surface area contributed by atoms with Gasteiger partial charge in [-0.2, -0.15) is 0 Å². The van der Waals surface area contributed by atoms with Crippen LogP contribution in [0.4, 0.5) is 5.69 Å². The molecule has 4 rings (SSSR count). The number of anilines is 1. The number of carbonyl (C=O) groups is 1. The third-order valence-corrected chi connectivity index (χ3v) is 8.39. The second kappa shape index (κ2) is 11.9. The Bertz CT molecular complexity index is 1270. The van der Waals surface area contributed by atoms with Crippen molar-refractivity contribution in [3.8, 4) is 0 Å². The van der Waals surface area contributed by atoms with Crippen molar-refractivity contribution in [3.05, 3.63) is 94.5 Å². The van der Waals surface area contributed by atoms with E-state index in [-0.39, 0.29) is 17.3 Å². The lowest BCUT2D eigenvalue weighted by Crippen LogP contribution is -2.40. The molecule has 3 aromatic rings. The van der Waals surface area contributed by atoms with Crippen LogP contribution < -0.4 is 9.62 Å². The van der Waals surface area contributed by atoms with Gasteiger partial charge in [0, 0.05) is 18.1 Å². The standard InChI is InChI=1S/C28H32ClN3O3S/c1-22-8-12-26(13-9-22)32(36(34,35)27-14-10-25(29)11-15-27)21-28(33)30-19-23-6-5-7-24(18-23)20-31-16-3-2-4-17-31/h5-15,18H,2-4,16-17,19-21H2,1H3,(H,30,33). The van der Waals surface area contributed by atoms with Crippen molar-refractivity contribution in [1.29, 1.82) is 0 Å². The normalized spacial score (nSPS) is 14.4. The average molecular weight is 526 g/mol. The number of aryl methyl sites for hydroxylation is 1. The molecule has 0 saturated carbocycles. The molecule has 0 aliphatic carbocycles. The second-order valence-electron chi connectivity index (χ2n) is 9.23. The predicted octanol–water partition coefficient (Wildman–Crippen LogP) is 5.15. The van der Waals surface area contributed by atoms with Crippen LogP contribution in [0.5, 0.6) is 0 Å². The van der Waals surface area contributed by atoms with Gasteiger partial charge in [0.2, 0.25) is 5.91 Å². The van der Waals surface area contributed by atoms with E-state index in [4.69, 9.17) is 11.6 Å². The molecule has 1 fully saturated rings. The smallest absolute Gasteiger partial charge is 0.264 e.